The van der Waals surface area contributed by atoms with Crippen LogP contribution in [0.4, 0.5) is 0 Å². The minimum absolute atomic E-state index is 0.712. The fraction of sp³-hybridized carbons (Fsp3) is 0.769. The second-order valence-corrected chi connectivity index (χ2v) is 4.93. The Morgan fingerprint density at radius 1 is 1.41 bits per heavy atom. The highest BCUT2D eigenvalue weighted by atomic mass is 15.3. The molecule has 0 unspecified atom stereocenters. The van der Waals surface area contributed by atoms with Crippen LogP contribution in [-0.2, 0) is 13.1 Å². The van der Waals surface area contributed by atoms with Gasteiger partial charge in [0, 0.05) is 32.2 Å². The zero-order valence-corrected chi connectivity index (χ0v) is 11.2. The van der Waals surface area contributed by atoms with Crippen LogP contribution in [0.25, 0.3) is 0 Å². The van der Waals surface area contributed by atoms with Crippen LogP contribution < -0.4 is 5.32 Å². The van der Waals surface area contributed by atoms with E-state index >= 15 is 0 Å². The number of nitrogens with one attached hydrogen (secondary N) is 1. The molecule has 0 aliphatic carbocycles. The Morgan fingerprint density at radius 2 is 2.12 bits per heavy atom. The molecule has 1 aromatic heterocycles. The van der Waals surface area contributed by atoms with Crippen LogP contribution in [0.5, 0.6) is 0 Å². The molecule has 96 valence electrons. The summed E-state index contributed by atoms with van der Waals surface area (Å²) in [5.41, 5.74) is 2.49. The molecule has 0 bridgehead atoms. The molecule has 1 aliphatic heterocycles. The van der Waals surface area contributed by atoms with Crippen molar-refractivity contribution in [2.75, 3.05) is 20.1 Å². The molecule has 2 rings (SSSR count). The number of rotatable bonds is 4. The number of piperidine rings is 1. The first kappa shape index (κ1) is 12.6. The van der Waals surface area contributed by atoms with Crippen molar-refractivity contribution in [3.63, 3.8) is 0 Å². The fourth-order valence-electron chi connectivity index (χ4n) is 2.61. The van der Waals surface area contributed by atoms with E-state index in [-0.39, 0.29) is 0 Å². The molecule has 1 saturated heterocycles. The standard InChI is InChI=1S/C13H24N4/c1-4-17-13(9-11(2)15-17)10-16-7-5-12(14-3)6-8-16/h9,12,14H,4-8,10H2,1-3H3. The second-order valence-electron chi connectivity index (χ2n) is 4.93. The molecule has 0 aromatic carbocycles. The first-order valence-corrected chi connectivity index (χ1v) is 6.66. The van der Waals surface area contributed by atoms with E-state index in [1.165, 1.54) is 31.6 Å². The quantitative estimate of drug-likeness (QED) is 0.858. The van der Waals surface area contributed by atoms with E-state index in [1.54, 1.807) is 0 Å². The summed E-state index contributed by atoms with van der Waals surface area (Å²) in [6.45, 7) is 8.63. The molecular weight excluding hydrogens is 212 g/mol. The predicted molar refractivity (Wildman–Crippen MR) is 70.0 cm³/mol. The highest BCUT2D eigenvalue weighted by Gasteiger charge is 2.18. The third-order valence-electron chi connectivity index (χ3n) is 3.67. The minimum atomic E-state index is 0.712. The average molecular weight is 236 g/mol. The van der Waals surface area contributed by atoms with Gasteiger partial charge in [-0.25, -0.2) is 0 Å². The van der Waals surface area contributed by atoms with E-state index < -0.39 is 0 Å². The summed E-state index contributed by atoms with van der Waals surface area (Å²) in [6, 6.07) is 2.93. The number of nitrogens with zero attached hydrogens (tertiary/aromatic N) is 3. The van der Waals surface area contributed by atoms with Crippen molar-refractivity contribution >= 4 is 0 Å². The summed E-state index contributed by atoms with van der Waals surface area (Å²) in [7, 11) is 2.07. The summed E-state index contributed by atoms with van der Waals surface area (Å²) >= 11 is 0. The van der Waals surface area contributed by atoms with E-state index in [9.17, 15) is 0 Å². The lowest BCUT2D eigenvalue weighted by molar-refractivity contribution is 0.190. The number of hydrogen-bond donors (Lipinski definition) is 1. The van der Waals surface area contributed by atoms with Crippen LogP contribution in [0.1, 0.15) is 31.2 Å². The summed E-state index contributed by atoms with van der Waals surface area (Å²) in [6.07, 6.45) is 2.52. The Balaban J connectivity index is 1.92. The van der Waals surface area contributed by atoms with Crippen molar-refractivity contribution in [2.24, 2.45) is 0 Å². The number of hydrogen-bond acceptors (Lipinski definition) is 3. The number of likely N-dealkylation sites (tertiary alicyclic amines) is 1. The largest absolute Gasteiger partial charge is 0.317 e. The van der Waals surface area contributed by atoms with Gasteiger partial charge in [0.1, 0.15) is 0 Å². The van der Waals surface area contributed by atoms with Crippen LogP contribution in [0, 0.1) is 6.92 Å². The zero-order valence-electron chi connectivity index (χ0n) is 11.2. The molecule has 17 heavy (non-hydrogen) atoms. The smallest absolute Gasteiger partial charge is 0.0597 e. The summed E-state index contributed by atoms with van der Waals surface area (Å²) in [4.78, 5) is 2.54. The third kappa shape index (κ3) is 3.07. The Labute approximate surface area is 104 Å². The van der Waals surface area contributed by atoms with Crippen molar-refractivity contribution < 1.29 is 0 Å². The molecule has 2 heterocycles. The minimum Gasteiger partial charge on any atom is -0.317 e. The number of aromatic nitrogens is 2. The van der Waals surface area contributed by atoms with Gasteiger partial charge >= 0.3 is 0 Å². The average Bonchev–Trinajstić information content (AvgIpc) is 2.70. The van der Waals surface area contributed by atoms with Gasteiger partial charge in [0.25, 0.3) is 0 Å². The molecule has 4 nitrogen and oxygen atoms in total. The Morgan fingerprint density at radius 3 is 2.71 bits per heavy atom. The molecule has 1 aliphatic rings. The normalized spacial score (nSPS) is 18.8. The lowest BCUT2D eigenvalue weighted by atomic mass is 10.1. The molecule has 0 radical (unpaired) electrons. The third-order valence-corrected chi connectivity index (χ3v) is 3.67. The van der Waals surface area contributed by atoms with E-state index in [0.717, 1.165) is 18.8 Å². The molecular formula is C13H24N4. The van der Waals surface area contributed by atoms with Crippen molar-refractivity contribution in [1.82, 2.24) is 20.0 Å². The van der Waals surface area contributed by atoms with Gasteiger partial charge in [-0.15, -0.1) is 0 Å². The van der Waals surface area contributed by atoms with Gasteiger partial charge in [-0.05, 0) is 39.8 Å². The molecule has 1 fully saturated rings. The maximum atomic E-state index is 4.50. The summed E-state index contributed by atoms with van der Waals surface area (Å²) in [5.74, 6) is 0. The van der Waals surface area contributed by atoms with E-state index in [0.29, 0.717) is 6.04 Å². The molecule has 0 atom stereocenters. The Hall–Kier alpha value is -0.870. The maximum absolute atomic E-state index is 4.50. The summed E-state index contributed by atoms with van der Waals surface area (Å²) < 4.78 is 2.12. The topological polar surface area (TPSA) is 33.1 Å². The van der Waals surface area contributed by atoms with Gasteiger partial charge in [-0.1, -0.05) is 0 Å². The predicted octanol–water partition coefficient (Wildman–Crippen LogP) is 1.40. The zero-order chi connectivity index (χ0) is 12.3. The fourth-order valence-corrected chi connectivity index (χ4v) is 2.61. The van der Waals surface area contributed by atoms with Crippen molar-refractivity contribution in [3.05, 3.63) is 17.5 Å². The van der Waals surface area contributed by atoms with Crippen LogP contribution in [0.3, 0.4) is 0 Å². The van der Waals surface area contributed by atoms with Crippen LogP contribution >= 0.6 is 0 Å². The first-order valence-electron chi connectivity index (χ1n) is 6.66. The van der Waals surface area contributed by atoms with Gasteiger partial charge in [0.05, 0.1) is 11.4 Å². The molecule has 0 spiro atoms. The monoisotopic (exact) mass is 236 g/mol. The maximum Gasteiger partial charge on any atom is 0.0597 e. The highest BCUT2D eigenvalue weighted by Crippen LogP contribution is 2.14. The first-order chi connectivity index (χ1) is 8.22. The van der Waals surface area contributed by atoms with Crippen molar-refractivity contribution in [3.8, 4) is 0 Å². The molecule has 4 heteroatoms. The molecule has 0 amide bonds. The summed E-state index contributed by atoms with van der Waals surface area (Å²) in [5, 5.41) is 7.87. The van der Waals surface area contributed by atoms with Gasteiger partial charge in [0.2, 0.25) is 0 Å². The highest BCUT2D eigenvalue weighted by molar-refractivity contribution is 5.09. The van der Waals surface area contributed by atoms with E-state index in [2.05, 4.69) is 47.0 Å². The van der Waals surface area contributed by atoms with Gasteiger partial charge < -0.3 is 5.32 Å². The van der Waals surface area contributed by atoms with Gasteiger partial charge in [0.15, 0.2) is 0 Å². The van der Waals surface area contributed by atoms with Gasteiger partial charge in [-0.2, -0.15) is 5.10 Å². The van der Waals surface area contributed by atoms with Crippen molar-refractivity contribution in [2.45, 2.75) is 45.8 Å². The second kappa shape index (κ2) is 5.65. The lowest BCUT2D eigenvalue weighted by Gasteiger charge is -2.31. The Kier molecular flexibility index (Phi) is 4.18. The van der Waals surface area contributed by atoms with Gasteiger partial charge in [-0.3, -0.25) is 9.58 Å². The van der Waals surface area contributed by atoms with Crippen LogP contribution in [0.15, 0.2) is 6.07 Å². The number of aryl methyl sites for hydroxylation is 2. The molecule has 1 aromatic rings. The van der Waals surface area contributed by atoms with E-state index in [1.807, 2.05) is 0 Å². The Bertz CT molecular complexity index is 350. The lowest BCUT2D eigenvalue weighted by Crippen LogP contribution is -2.41. The van der Waals surface area contributed by atoms with Crippen molar-refractivity contribution in [1.29, 1.82) is 0 Å². The van der Waals surface area contributed by atoms with Crippen LogP contribution in [0.2, 0.25) is 0 Å². The van der Waals surface area contributed by atoms with Crippen LogP contribution in [-0.4, -0.2) is 40.9 Å². The molecule has 1 N–H and O–H groups in total. The SMILES string of the molecule is CCn1nc(C)cc1CN1CCC(NC)CC1. The molecule has 0 saturated carbocycles. The van der Waals surface area contributed by atoms with E-state index in [4.69, 9.17) is 0 Å².